The Kier molecular flexibility index (Phi) is 4.26. The van der Waals surface area contributed by atoms with Crippen molar-refractivity contribution in [2.24, 2.45) is 5.73 Å². The van der Waals surface area contributed by atoms with Crippen molar-refractivity contribution in [1.82, 2.24) is 9.78 Å². The van der Waals surface area contributed by atoms with Crippen LogP contribution in [0.25, 0.3) is 5.69 Å². The number of anilines is 2. The van der Waals surface area contributed by atoms with E-state index in [2.05, 4.69) is 10.4 Å². The summed E-state index contributed by atoms with van der Waals surface area (Å²) in [6.07, 6.45) is -4.53. The largest absolute Gasteiger partial charge is 0.435 e. The van der Waals surface area contributed by atoms with Gasteiger partial charge in [0.05, 0.1) is 5.69 Å². The zero-order chi connectivity index (χ0) is 17.2. The Morgan fingerprint density at radius 3 is 2.33 bits per heavy atom. The van der Waals surface area contributed by atoms with Crippen LogP contribution in [-0.4, -0.2) is 9.78 Å². The van der Waals surface area contributed by atoms with E-state index in [4.69, 9.17) is 5.73 Å². The Morgan fingerprint density at radius 1 is 1.00 bits per heavy atom. The average Bonchev–Trinajstić information content (AvgIpc) is 2.99. The summed E-state index contributed by atoms with van der Waals surface area (Å²) < 4.78 is 40.5. The van der Waals surface area contributed by atoms with Gasteiger partial charge >= 0.3 is 6.18 Å². The van der Waals surface area contributed by atoms with Gasteiger partial charge in [0, 0.05) is 18.3 Å². The van der Waals surface area contributed by atoms with Gasteiger partial charge < -0.3 is 11.1 Å². The maximum atomic E-state index is 13.1. The average molecular weight is 332 g/mol. The van der Waals surface area contributed by atoms with Crippen molar-refractivity contribution in [1.29, 1.82) is 0 Å². The lowest BCUT2D eigenvalue weighted by atomic mass is 10.2. The van der Waals surface area contributed by atoms with Crippen molar-refractivity contribution in [3.05, 3.63) is 71.9 Å². The fourth-order valence-corrected chi connectivity index (χ4v) is 2.35. The molecule has 0 atom stereocenters. The van der Waals surface area contributed by atoms with Crippen LogP contribution in [0.4, 0.5) is 24.7 Å². The van der Waals surface area contributed by atoms with Crippen molar-refractivity contribution >= 4 is 11.5 Å². The molecule has 0 fully saturated rings. The predicted octanol–water partition coefficient (Wildman–Crippen LogP) is 4.09. The first-order valence-corrected chi connectivity index (χ1v) is 7.26. The summed E-state index contributed by atoms with van der Waals surface area (Å²) in [4.78, 5) is 0. The van der Waals surface area contributed by atoms with E-state index < -0.39 is 11.9 Å². The van der Waals surface area contributed by atoms with Gasteiger partial charge in [-0.2, -0.15) is 18.3 Å². The number of nitrogens with zero attached hydrogens (tertiary/aromatic N) is 2. The summed E-state index contributed by atoms with van der Waals surface area (Å²) in [7, 11) is 0. The molecule has 1 heterocycles. The predicted molar refractivity (Wildman–Crippen MR) is 86.2 cm³/mol. The molecule has 0 radical (unpaired) electrons. The van der Waals surface area contributed by atoms with E-state index >= 15 is 0 Å². The molecule has 0 aliphatic rings. The van der Waals surface area contributed by atoms with Crippen molar-refractivity contribution in [3.8, 4) is 5.69 Å². The third-order valence-corrected chi connectivity index (χ3v) is 3.49. The number of nitrogens with one attached hydrogen (secondary N) is 1. The third kappa shape index (κ3) is 3.26. The molecule has 124 valence electrons. The molecule has 7 heteroatoms. The second kappa shape index (κ2) is 6.37. The van der Waals surface area contributed by atoms with Gasteiger partial charge in [-0.1, -0.05) is 36.4 Å². The molecule has 3 rings (SSSR count). The highest BCUT2D eigenvalue weighted by Crippen LogP contribution is 2.32. The topological polar surface area (TPSA) is 55.9 Å². The Hall–Kier alpha value is -2.80. The van der Waals surface area contributed by atoms with E-state index in [9.17, 15) is 13.2 Å². The lowest BCUT2D eigenvalue weighted by Gasteiger charge is -2.12. The van der Waals surface area contributed by atoms with E-state index in [1.807, 2.05) is 6.07 Å². The summed E-state index contributed by atoms with van der Waals surface area (Å²) in [6, 6.07) is 16.9. The molecule has 0 spiro atoms. The Morgan fingerprint density at radius 2 is 1.67 bits per heavy atom. The Labute approximate surface area is 136 Å². The maximum Gasteiger partial charge on any atom is 0.435 e. The molecule has 0 saturated carbocycles. The number of hydrogen-bond acceptors (Lipinski definition) is 3. The number of benzene rings is 2. The first-order chi connectivity index (χ1) is 11.5. The number of hydrogen-bond donors (Lipinski definition) is 2. The van der Waals surface area contributed by atoms with Gasteiger partial charge in [-0.25, -0.2) is 4.68 Å². The number of rotatable bonds is 4. The van der Waals surface area contributed by atoms with E-state index in [1.54, 1.807) is 48.5 Å². The monoisotopic (exact) mass is 332 g/mol. The fraction of sp³-hybridized carbons (Fsp3) is 0.118. The van der Waals surface area contributed by atoms with Crippen LogP contribution in [-0.2, 0) is 12.7 Å². The van der Waals surface area contributed by atoms with E-state index in [0.29, 0.717) is 16.9 Å². The van der Waals surface area contributed by atoms with Crippen LogP contribution in [0.5, 0.6) is 0 Å². The summed E-state index contributed by atoms with van der Waals surface area (Å²) in [5.41, 5.74) is 6.61. The van der Waals surface area contributed by atoms with Crippen LogP contribution in [0.2, 0.25) is 0 Å². The number of nitrogens with two attached hydrogens (primary N) is 1. The van der Waals surface area contributed by atoms with Crippen molar-refractivity contribution in [2.45, 2.75) is 12.7 Å². The summed E-state index contributed by atoms with van der Waals surface area (Å²) >= 11 is 0. The molecule has 0 amide bonds. The number of aromatic nitrogens is 2. The van der Waals surface area contributed by atoms with Crippen LogP contribution in [0, 0.1) is 0 Å². The van der Waals surface area contributed by atoms with Crippen LogP contribution in [0.3, 0.4) is 0 Å². The molecule has 0 saturated heterocycles. The maximum absolute atomic E-state index is 13.1. The minimum atomic E-state index is -4.53. The lowest BCUT2D eigenvalue weighted by Crippen LogP contribution is -2.10. The second-order valence-electron chi connectivity index (χ2n) is 5.15. The molecule has 3 N–H and O–H groups in total. The lowest BCUT2D eigenvalue weighted by molar-refractivity contribution is -0.141. The Bertz CT molecular complexity index is 825. The molecular weight excluding hydrogens is 317 g/mol. The van der Waals surface area contributed by atoms with Crippen molar-refractivity contribution in [2.75, 3.05) is 5.32 Å². The summed E-state index contributed by atoms with van der Waals surface area (Å²) in [6.45, 7) is 0.197. The van der Waals surface area contributed by atoms with Gasteiger partial charge in [-0.15, -0.1) is 0 Å². The highest BCUT2D eigenvalue weighted by molar-refractivity contribution is 5.60. The van der Waals surface area contributed by atoms with Crippen LogP contribution < -0.4 is 11.1 Å². The Balaban J connectivity index is 2.11. The number of para-hydroxylation sites is 2. The van der Waals surface area contributed by atoms with Crippen molar-refractivity contribution in [3.63, 3.8) is 0 Å². The normalized spacial score (nSPS) is 11.5. The molecule has 0 aliphatic carbocycles. The van der Waals surface area contributed by atoms with Gasteiger partial charge in [0.1, 0.15) is 5.82 Å². The minimum absolute atomic E-state index is 0.197. The van der Waals surface area contributed by atoms with Gasteiger partial charge in [-0.3, -0.25) is 0 Å². The number of alkyl halides is 3. The molecule has 2 aromatic carbocycles. The standard InChI is InChI=1S/C17H15F3N4/c18-17(19,20)15-10-16(22-13-7-2-1-3-8-13)24(23-15)14-9-5-4-6-12(14)11-21/h1-10,22H,11,21H2. The third-order valence-electron chi connectivity index (χ3n) is 3.49. The van der Waals surface area contributed by atoms with E-state index in [-0.39, 0.29) is 12.4 Å². The first-order valence-electron chi connectivity index (χ1n) is 7.26. The summed E-state index contributed by atoms with van der Waals surface area (Å²) in [5, 5.41) is 6.70. The van der Waals surface area contributed by atoms with E-state index in [0.717, 1.165) is 6.07 Å². The highest BCUT2D eigenvalue weighted by atomic mass is 19.4. The second-order valence-corrected chi connectivity index (χ2v) is 5.15. The van der Waals surface area contributed by atoms with E-state index in [1.165, 1.54) is 4.68 Å². The zero-order valence-corrected chi connectivity index (χ0v) is 12.6. The van der Waals surface area contributed by atoms with Gasteiger partial charge in [0.2, 0.25) is 0 Å². The van der Waals surface area contributed by atoms with Gasteiger partial charge in [0.15, 0.2) is 5.69 Å². The minimum Gasteiger partial charge on any atom is -0.340 e. The number of halogens is 3. The molecule has 0 unspecified atom stereocenters. The van der Waals surface area contributed by atoms with Crippen LogP contribution >= 0.6 is 0 Å². The van der Waals surface area contributed by atoms with Crippen LogP contribution in [0.1, 0.15) is 11.3 Å². The quantitative estimate of drug-likeness (QED) is 0.756. The molecule has 4 nitrogen and oxygen atoms in total. The molecule has 3 aromatic rings. The SMILES string of the molecule is NCc1ccccc1-n1nc(C(F)(F)F)cc1Nc1ccccc1. The molecule has 1 aromatic heterocycles. The zero-order valence-electron chi connectivity index (χ0n) is 12.6. The highest BCUT2D eigenvalue weighted by Gasteiger charge is 2.35. The smallest absolute Gasteiger partial charge is 0.340 e. The molecular formula is C17H15F3N4. The summed E-state index contributed by atoms with van der Waals surface area (Å²) in [5.74, 6) is 0.217. The molecule has 24 heavy (non-hydrogen) atoms. The fourth-order valence-electron chi connectivity index (χ4n) is 2.35. The first kappa shape index (κ1) is 16.1. The van der Waals surface area contributed by atoms with Gasteiger partial charge in [-0.05, 0) is 23.8 Å². The van der Waals surface area contributed by atoms with Crippen molar-refractivity contribution < 1.29 is 13.2 Å². The van der Waals surface area contributed by atoms with Gasteiger partial charge in [0.25, 0.3) is 0 Å². The molecule has 0 aliphatic heterocycles. The molecule has 0 bridgehead atoms. The van der Waals surface area contributed by atoms with Crippen LogP contribution in [0.15, 0.2) is 60.7 Å².